The number of carbonyl (C=O) groups is 1. The molecule has 0 amide bonds. The highest BCUT2D eigenvalue weighted by molar-refractivity contribution is 7.99. The first-order valence-electron chi connectivity index (χ1n) is 10.6. The number of esters is 1. The number of hydrogen-bond acceptors (Lipinski definition) is 7. The summed E-state index contributed by atoms with van der Waals surface area (Å²) in [5.74, 6) is 1.88. The lowest BCUT2D eigenvalue weighted by molar-refractivity contribution is -0.139. The Morgan fingerprint density at radius 2 is 2.00 bits per heavy atom. The first-order valence-corrected chi connectivity index (χ1v) is 11.5. The molecule has 8 heteroatoms. The van der Waals surface area contributed by atoms with Crippen molar-refractivity contribution in [2.75, 3.05) is 24.3 Å². The van der Waals surface area contributed by atoms with Gasteiger partial charge in [-0.25, -0.2) is 9.48 Å². The molecule has 0 bridgehead atoms. The molecule has 1 aliphatic rings. The van der Waals surface area contributed by atoms with Crippen LogP contribution in [0.25, 0.3) is 0 Å². The molecule has 1 aliphatic heterocycles. The number of benzene rings is 1. The smallest absolute Gasteiger partial charge is 0.338 e. The lowest BCUT2D eigenvalue weighted by Crippen LogP contribution is -2.30. The fourth-order valence-corrected chi connectivity index (χ4v) is 3.87. The number of unbranched alkanes of at least 4 members (excludes halogenated alkanes) is 1. The van der Waals surface area contributed by atoms with Crippen LogP contribution in [0.2, 0.25) is 0 Å². The van der Waals surface area contributed by atoms with Crippen molar-refractivity contribution in [1.82, 2.24) is 14.8 Å². The van der Waals surface area contributed by atoms with E-state index < -0.39 is 6.04 Å². The van der Waals surface area contributed by atoms with E-state index in [1.807, 2.05) is 31.2 Å². The van der Waals surface area contributed by atoms with E-state index in [1.54, 1.807) is 16.4 Å². The molecule has 30 heavy (non-hydrogen) atoms. The Hall–Kier alpha value is -2.48. The Morgan fingerprint density at radius 1 is 1.20 bits per heavy atom. The van der Waals surface area contributed by atoms with Crippen LogP contribution < -0.4 is 10.1 Å². The summed E-state index contributed by atoms with van der Waals surface area (Å²) in [5, 5.41) is 8.60. The number of fused-ring (bicyclic) bond motifs is 1. The summed E-state index contributed by atoms with van der Waals surface area (Å²) in [6.07, 6.45) is 2.69. The van der Waals surface area contributed by atoms with Crippen molar-refractivity contribution >= 4 is 23.7 Å². The predicted octanol–water partition coefficient (Wildman–Crippen LogP) is 4.81. The molecule has 162 valence electrons. The predicted molar refractivity (Wildman–Crippen MR) is 119 cm³/mol. The lowest BCUT2D eigenvalue weighted by atomic mass is 9.95. The quantitative estimate of drug-likeness (QED) is 0.329. The Labute approximate surface area is 182 Å². The maximum absolute atomic E-state index is 13.1. The number of para-hydroxylation sites is 1. The monoisotopic (exact) mass is 430 g/mol. The second-order valence-corrected chi connectivity index (χ2v) is 8.27. The molecule has 7 nitrogen and oxygen atoms in total. The van der Waals surface area contributed by atoms with Crippen LogP contribution >= 0.6 is 11.8 Å². The minimum absolute atomic E-state index is 0.338. The van der Waals surface area contributed by atoms with Crippen molar-refractivity contribution < 1.29 is 14.3 Å². The van der Waals surface area contributed by atoms with E-state index in [0.717, 1.165) is 42.0 Å². The molecule has 0 aliphatic carbocycles. The fraction of sp³-hybridized carbons (Fsp3) is 0.500. The van der Waals surface area contributed by atoms with Crippen LogP contribution in [0, 0.1) is 0 Å². The molecule has 0 saturated carbocycles. The molecular formula is C22H30N4O3S. The average Bonchev–Trinajstić information content (AvgIpc) is 3.13. The Morgan fingerprint density at radius 3 is 2.73 bits per heavy atom. The number of allylic oxidation sites excluding steroid dienone is 1. The number of aromatic nitrogens is 3. The van der Waals surface area contributed by atoms with Crippen molar-refractivity contribution in [2.24, 2.45) is 0 Å². The van der Waals surface area contributed by atoms with Gasteiger partial charge >= 0.3 is 5.97 Å². The van der Waals surface area contributed by atoms with Crippen LogP contribution in [0.15, 0.2) is 40.7 Å². The molecule has 1 N–H and O–H groups in total. The van der Waals surface area contributed by atoms with Gasteiger partial charge in [0.15, 0.2) is 0 Å². The summed E-state index contributed by atoms with van der Waals surface area (Å²) in [6, 6.07) is 7.32. The second-order valence-electron chi connectivity index (χ2n) is 7.04. The normalized spacial score (nSPS) is 15.5. The number of hydrogen-bond donors (Lipinski definition) is 1. The van der Waals surface area contributed by atoms with Gasteiger partial charge in [-0.2, -0.15) is 4.98 Å². The number of anilines is 1. The number of ether oxygens (including phenoxy) is 2. The number of nitrogens with zero attached hydrogens (tertiary/aromatic N) is 3. The van der Waals surface area contributed by atoms with Crippen LogP contribution in [0.4, 0.5) is 5.95 Å². The molecule has 0 saturated heterocycles. The molecular weight excluding hydrogens is 400 g/mol. The third kappa shape index (κ3) is 4.80. The molecule has 0 radical (unpaired) electrons. The number of thioether (sulfide) groups is 1. The van der Waals surface area contributed by atoms with Gasteiger partial charge < -0.3 is 14.8 Å². The van der Waals surface area contributed by atoms with E-state index in [9.17, 15) is 4.79 Å². The molecule has 2 heterocycles. The maximum atomic E-state index is 13.1. The van der Waals surface area contributed by atoms with Gasteiger partial charge in [-0.1, -0.05) is 57.2 Å². The minimum atomic E-state index is -0.470. The van der Waals surface area contributed by atoms with Gasteiger partial charge in [0, 0.05) is 11.3 Å². The van der Waals surface area contributed by atoms with Gasteiger partial charge in [0.05, 0.1) is 18.8 Å². The highest BCUT2D eigenvalue weighted by Gasteiger charge is 2.36. The lowest BCUT2D eigenvalue weighted by Gasteiger charge is -2.29. The molecule has 0 fully saturated rings. The van der Waals surface area contributed by atoms with E-state index in [4.69, 9.17) is 14.6 Å². The molecule has 3 rings (SSSR count). The summed E-state index contributed by atoms with van der Waals surface area (Å²) in [6.45, 7) is 9.07. The highest BCUT2D eigenvalue weighted by Crippen LogP contribution is 2.40. The molecule has 1 aromatic heterocycles. The first kappa shape index (κ1) is 22.2. The Balaban J connectivity index is 2.08. The van der Waals surface area contributed by atoms with Gasteiger partial charge in [-0.15, -0.1) is 5.10 Å². The van der Waals surface area contributed by atoms with Crippen molar-refractivity contribution in [3.63, 3.8) is 0 Å². The van der Waals surface area contributed by atoms with Crippen molar-refractivity contribution in [3.05, 3.63) is 41.1 Å². The molecule has 0 spiro atoms. The number of nitrogens with one attached hydrogen (secondary N) is 1. The van der Waals surface area contributed by atoms with Crippen molar-refractivity contribution in [2.45, 2.75) is 58.2 Å². The van der Waals surface area contributed by atoms with Gasteiger partial charge in [0.1, 0.15) is 11.8 Å². The van der Waals surface area contributed by atoms with Crippen LogP contribution in [0.3, 0.4) is 0 Å². The van der Waals surface area contributed by atoms with Crippen molar-refractivity contribution in [3.8, 4) is 5.75 Å². The van der Waals surface area contributed by atoms with Crippen molar-refractivity contribution in [1.29, 1.82) is 0 Å². The minimum Gasteiger partial charge on any atom is -0.493 e. The Bertz CT molecular complexity index is 910. The van der Waals surface area contributed by atoms with Crippen LogP contribution in [0.5, 0.6) is 5.75 Å². The molecule has 1 atom stereocenters. The molecule has 1 unspecified atom stereocenters. The van der Waals surface area contributed by atoms with Gasteiger partial charge in [-0.3, -0.25) is 0 Å². The van der Waals surface area contributed by atoms with E-state index in [1.165, 1.54) is 0 Å². The summed E-state index contributed by atoms with van der Waals surface area (Å²) in [4.78, 5) is 17.7. The summed E-state index contributed by atoms with van der Waals surface area (Å²) in [5.41, 5.74) is 2.12. The van der Waals surface area contributed by atoms with Crippen LogP contribution in [-0.4, -0.2) is 39.7 Å². The van der Waals surface area contributed by atoms with Gasteiger partial charge in [0.25, 0.3) is 0 Å². The van der Waals surface area contributed by atoms with E-state index in [2.05, 4.69) is 31.1 Å². The molecule has 2 aromatic rings. The van der Waals surface area contributed by atoms with Gasteiger partial charge in [0.2, 0.25) is 11.1 Å². The molecule has 1 aromatic carbocycles. The summed E-state index contributed by atoms with van der Waals surface area (Å²) < 4.78 is 13.4. The zero-order valence-corrected chi connectivity index (χ0v) is 18.9. The zero-order valence-electron chi connectivity index (χ0n) is 18.1. The van der Waals surface area contributed by atoms with E-state index in [-0.39, 0.29) is 5.97 Å². The second kappa shape index (κ2) is 10.5. The standard InChI is InChI=1S/C22H30N4O3S/c1-5-8-14-29-20(27)18-15(4)23-21-24-22(30-7-3)25-26(21)19(18)16-11-9-10-12-17(16)28-13-6-2/h9-12,19H,5-8,13-14H2,1-4H3,(H,23,24,25). The summed E-state index contributed by atoms with van der Waals surface area (Å²) >= 11 is 1.56. The average molecular weight is 431 g/mol. The van der Waals surface area contributed by atoms with Crippen LogP contribution in [-0.2, 0) is 9.53 Å². The summed E-state index contributed by atoms with van der Waals surface area (Å²) in [7, 11) is 0. The Kier molecular flexibility index (Phi) is 7.79. The number of carbonyl (C=O) groups excluding carboxylic acids is 1. The number of rotatable bonds is 10. The maximum Gasteiger partial charge on any atom is 0.338 e. The van der Waals surface area contributed by atoms with Gasteiger partial charge in [-0.05, 0) is 31.6 Å². The topological polar surface area (TPSA) is 78.3 Å². The van der Waals surface area contributed by atoms with Crippen LogP contribution in [0.1, 0.15) is 58.6 Å². The zero-order chi connectivity index (χ0) is 21.5. The highest BCUT2D eigenvalue weighted by atomic mass is 32.2. The largest absolute Gasteiger partial charge is 0.493 e. The third-order valence-corrected chi connectivity index (χ3v) is 5.45. The van der Waals surface area contributed by atoms with E-state index >= 15 is 0 Å². The third-order valence-electron chi connectivity index (χ3n) is 4.73. The fourth-order valence-electron chi connectivity index (χ4n) is 3.31. The van der Waals surface area contributed by atoms with E-state index in [0.29, 0.717) is 29.9 Å². The first-order chi connectivity index (χ1) is 14.6. The SMILES string of the molecule is CCCCOC(=O)C1=C(C)Nc2nc(SCC)nn2C1c1ccccc1OCCC.